The van der Waals surface area contributed by atoms with Gasteiger partial charge in [0.25, 0.3) is 0 Å². The van der Waals surface area contributed by atoms with Crippen molar-refractivity contribution in [2.24, 2.45) is 0 Å². The maximum Gasteiger partial charge on any atom is 0.123 e. The number of ether oxygens (including phenoxy) is 1. The van der Waals surface area contributed by atoms with Crippen LogP contribution in [0.15, 0.2) is 36.4 Å². The lowest BCUT2D eigenvalue weighted by atomic mass is 10.1. The van der Waals surface area contributed by atoms with E-state index in [1.165, 1.54) is 5.56 Å². The highest BCUT2D eigenvalue weighted by Crippen LogP contribution is 2.30. The fourth-order valence-corrected chi connectivity index (χ4v) is 3.03. The highest BCUT2D eigenvalue weighted by atomic mass is 35.5. The third-order valence-electron chi connectivity index (χ3n) is 3.58. The molecule has 1 aliphatic heterocycles. The van der Waals surface area contributed by atoms with Crippen LogP contribution >= 0.6 is 23.2 Å². The van der Waals surface area contributed by atoms with Gasteiger partial charge in [-0.2, -0.15) is 0 Å². The van der Waals surface area contributed by atoms with Gasteiger partial charge in [0.15, 0.2) is 0 Å². The van der Waals surface area contributed by atoms with Gasteiger partial charge in [0, 0.05) is 25.2 Å². The molecule has 0 bridgehead atoms. The van der Waals surface area contributed by atoms with Crippen molar-refractivity contribution < 1.29 is 4.74 Å². The molecule has 110 valence electrons. The van der Waals surface area contributed by atoms with Crippen molar-refractivity contribution in [1.29, 1.82) is 0 Å². The fourth-order valence-electron chi connectivity index (χ4n) is 2.50. The van der Waals surface area contributed by atoms with Crippen LogP contribution in [0.5, 0.6) is 5.75 Å². The highest BCUT2D eigenvalue weighted by molar-refractivity contribution is 6.38. The van der Waals surface area contributed by atoms with E-state index in [0.717, 1.165) is 30.9 Å². The molecule has 0 spiro atoms. The van der Waals surface area contributed by atoms with E-state index < -0.39 is 0 Å². The van der Waals surface area contributed by atoms with Crippen LogP contribution in [0.1, 0.15) is 11.1 Å². The summed E-state index contributed by atoms with van der Waals surface area (Å²) >= 11 is 12.2. The molecule has 0 fully saturated rings. The van der Waals surface area contributed by atoms with E-state index >= 15 is 0 Å². The molecule has 3 nitrogen and oxygen atoms in total. The minimum absolute atomic E-state index is 0.437. The predicted molar refractivity (Wildman–Crippen MR) is 86.9 cm³/mol. The Hall–Kier alpha value is -1.42. The van der Waals surface area contributed by atoms with E-state index in [4.69, 9.17) is 33.7 Å². The molecular weight excluding hydrogens is 307 g/mol. The summed E-state index contributed by atoms with van der Waals surface area (Å²) in [6.45, 7) is 3.13. The van der Waals surface area contributed by atoms with E-state index in [9.17, 15) is 0 Å². The lowest BCUT2D eigenvalue weighted by molar-refractivity contribution is 0.219. The molecule has 1 heterocycles. The third-order valence-corrected chi connectivity index (χ3v) is 4.20. The van der Waals surface area contributed by atoms with Crippen LogP contribution < -0.4 is 10.5 Å². The van der Waals surface area contributed by atoms with Gasteiger partial charge >= 0.3 is 0 Å². The van der Waals surface area contributed by atoms with E-state index in [0.29, 0.717) is 22.3 Å². The summed E-state index contributed by atoms with van der Waals surface area (Å²) in [6.07, 6.45) is 0. The van der Waals surface area contributed by atoms with Gasteiger partial charge in [0.1, 0.15) is 12.4 Å². The van der Waals surface area contributed by atoms with Crippen LogP contribution in [0.4, 0.5) is 5.69 Å². The van der Waals surface area contributed by atoms with Crippen molar-refractivity contribution in [3.05, 3.63) is 57.6 Å². The van der Waals surface area contributed by atoms with Crippen molar-refractivity contribution in [3.8, 4) is 5.75 Å². The topological polar surface area (TPSA) is 38.5 Å². The Balaban J connectivity index is 1.79. The number of nitrogens with two attached hydrogens (primary N) is 1. The molecule has 0 unspecified atom stereocenters. The van der Waals surface area contributed by atoms with Crippen molar-refractivity contribution in [2.75, 3.05) is 18.9 Å². The minimum Gasteiger partial charge on any atom is -0.492 e. The molecule has 0 aliphatic carbocycles. The van der Waals surface area contributed by atoms with Gasteiger partial charge in [-0.3, -0.25) is 4.90 Å². The first-order chi connectivity index (χ1) is 10.1. The fraction of sp³-hybridized carbons (Fsp3) is 0.250. The Morgan fingerprint density at radius 2 is 1.86 bits per heavy atom. The van der Waals surface area contributed by atoms with Gasteiger partial charge in [0.05, 0.1) is 15.7 Å². The molecule has 2 N–H and O–H groups in total. The molecular formula is C16H16Cl2N2O. The number of anilines is 1. The maximum atomic E-state index is 6.10. The van der Waals surface area contributed by atoms with Crippen LogP contribution in [0.25, 0.3) is 0 Å². The van der Waals surface area contributed by atoms with Gasteiger partial charge in [-0.1, -0.05) is 41.4 Å². The molecule has 0 saturated carbocycles. The summed E-state index contributed by atoms with van der Waals surface area (Å²) in [4.78, 5) is 2.31. The summed E-state index contributed by atoms with van der Waals surface area (Å²) < 4.78 is 5.77. The summed E-state index contributed by atoms with van der Waals surface area (Å²) in [6, 6.07) is 11.9. The second-order valence-corrected chi connectivity index (χ2v) is 5.95. The first kappa shape index (κ1) is 14.5. The smallest absolute Gasteiger partial charge is 0.123 e. The zero-order valence-electron chi connectivity index (χ0n) is 11.5. The lowest BCUT2D eigenvalue weighted by Gasteiger charge is -2.20. The lowest BCUT2D eigenvalue weighted by Crippen LogP contribution is -2.25. The van der Waals surface area contributed by atoms with Crippen molar-refractivity contribution in [3.63, 3.8) is 0 Å². The predicted octanol–water partition coefficient (Wildman–Crippen LogP) is 3.97. The maximum absolute atomic E-state index is 6.10. The number of hydrogen-bond donors (Lipinski definition) is 1. The Bertz CT molecular complexity index is 637. The molecule has 2 aromatic carbocycles. The van der Waals surface area contributed by atoms with E-state index in [1.54, 1.807) is 0 Å². The van der Waals surface area contributed by atoms with Gasteiger partial charge < -0.3 is 10.5 Å². The molecule has 0 aromatic heterocycles. The number of fused-ring (bicyclic) bond motifs is 1. The number of halogens is 2. The largest absolute Gasteiger partial charge is 0.492 e. The Labute approximate surface area is 134 Å². The first-order valence-corrected chi connectivity index (χ1v) is 7.55. The molecule has 0 atom stereocenters. The van der Waals surface area contributed by atoms with Crippen molar-refractivity contribution >= 4 is 28.9 Å². The van der Waals surface area contributed by atoms with E-state index in [1.807, 2.05) is 30.3 Å². The third kappa shape index (κ3) is 3.26. The zero-order chi connectivity index (χ0) is 14.8. The average molecular weight is 323 g/mol. The monoisotopic (exact) mass is 322 g/mol. The number of benzene rings is 2. The van der Waals surface area contributed by atoms with Crippen LogP contribution in [0.2, 0.25) is 10.0 Å². The summed E-state index contributed by atoms with van der Waals surface area (Å²) in [5.41, 5.74) is 8.46. The van der Waals surface area contributed by atoms with Gasteiger partial charge in [-0.25, -0.2) is 0 Å². The molecule has 2 aromatic rings. The molecule has 3 rings (SSSR count). The van der Waals surface area contributed by atoms with Crippen LogP contribution in [0, 0.1) is 0 Å². The summed E-state index contributed by atoms with van der Waals surface area (Å²) in [5.74, 6) is 0.966. The molecule has 0 radical (unpaired) electrons. The van der Waals surface area contributed by atoms with Crippen molar-refractivity contribution in [2.45, 2.75) is 13.1 Å². The zero-order valence-corrected chi connectivity index (χ0v) is 13.0. The number of rotatable bonds is 2. The van der Waals surface area contributed by atoms with Crippen LogP contribution in [-0.2, 0) is 13.1 Å². The highest BCUT2D eigenvalue weighted by Gasteiger charge is 2.16. The van der Waals surface area contributed by atoms with Crippen LogP contribution in [-0.4, -0.2) is 18.1 Å². The molecule has 5 heteroatoms. The summed E-state index contributed by atoms with van der Waals surface area (Å²) in [5, 5.41) is 1.01. The second kappa shape index (κ2) is 6.14. The molecule has 1 aliphatic rings. The first-order valence-electron chi connectivity index (χ1n) is 6.80. The van der Waals surface area contributed by atoms with E-state index in [2.05, 4.69) is 11.0 Å². The average Bonchev–Trinajstić information content (AvgIpc) is 2.66. The van der Waals surface area contributed by atoms with Gasteiger partial charge in [-0.15, -0.1) is 0 Å². The standard InChI is InChI=1S/C16H16Cl2N2O/c17-13-7-11(8-14(18)16(13)19)9-20-5-6-21-15-4-2-1-3-12(15)10-20/h1-4,7-8H,5-6,9-10,19H2. The molecule has 21 heavy (non-hydrogen) atoms. The van der Waals surface area contributed by atoms with Crippen molar-refractivity contribution in [1.82, 2.24) is 4.90 Å². The SMILES string of the molecule is Nc1c(Cl)cc(CN2CCOc3ccccc3C2)cc1Cl. The Kier molecular flexibility index (Phi) is 4.24. The van der Waals surface area contributed by atoms with E-state index in [-0.39, 0.29) is 0 Å². The number of hydrogen-bond acceptors (Lipinski definition) is 3. The molecule has 0 amide bonds. The van der Waals surface area contributed by atoms with Crippen LogP contribution in [0.3, 0.4) is 0 Å². The van der Waals surface area contributed by atoms with Gasteiger partial charge in [0.2, 0.25) is 0 Å². The normalized spacial score (nSPS) is 15.1. The number of nitrogen functional groups attached to an aromatic ring is 1. The van der Waals surface area contributed by atoms with Gasteiger partial charge in [-0.05, 0) is 23.8 Å². The Morgan fingerprint density at radius 1 is 1.14 bits per heavy atom. The number of nitrogens with zero attached hydrogens (tertiary/aromatic N) is 1. The Morgan fingerprint density at radius 3 is 2.62 bits per heavy atom. The number of para-hydroxylation sites is 1. The molecule has 0 saturated heterocycles. The summed E-state index contributed by atoms with van der Waals surface area (Å²) in [7, 11) is 0. The quantitative estimate of drug-likeness (QED) is 0.850. The second-order valence-electron chi connectivity index (χ2n) is 5.14. The minimum atomic E-state index is 0.437.